The van der Waals surface area contributed by atoms with Gasteiger partial charge in [0.25, 0.3) is 0 Å². The summed E-state index contributed by atoms with van der Waals surface area (Å²) >= 11 is 6.32. The van der Waals surface area contributed by atoms with Gasteiger partial charge in [-0.15, -0.1) is 0 Å². The average Bonchev–Trinajstić information content (AvgIpc) is 3.10. The number of rotatable bonds is 4. The fourth-order valence-corrected chi connectivity index (χ4v) is 4.08. The topological polar surface area (TPSA) is 15.3 Å². The fourth-order valence-electron chi connectivity index (χ4n) is 3.78. The fraction of sp³-hybridized carbons (Fsp3) is 0.647. The molecule has 3 heteroatoms. The molecule has 1 aromatic carbocycles. The van der Waals surface area contributed by atoms with Gasteiger partial charge in [0.05, 0.1) is 0 Å². The highest BCUT2D eigenvalue weighted by Gasteiger charge is 2.53. The first-order valence-corrected chi connectivity index (χ1v) is 8.15. The first kappa shape index (κ1) is 14.4. The van der Waals surface area contributed by atoms with Crippen molar-refractivity contribution in [2.45, 2.75) is 32.2 Å². The molecule has 1 spiro atoms. The molecule has 2 nitrogen and oxygen atoms in total. The zero-order valence-corrected chi connectivity index (χ0v) is 13.3. The summed E-state index contributed by atoms with van der Waals surface area (Å²) in [5, 5.41) is 4.37. The third kappa shape index (κ3) is 2.74. The van der Waals surface area contributed by atoms with Crippen LogP contribution in [0.3, 0.4) is 0 Å². The minimum absolute atomic E-state index is 0.392. The van der Waals surface area contributed by atoms with Gasteiger partial charge in [0.1, 0.15) is 0 Å². The second-order valence-corrected chi connectivity index (χ2v) is 7.06. The van der Waals surface area contributed by atoms with E-state index in [0.29, 0.717) is 11.5 Å². The molecule has 3 rings (SSSR count). The Morgan fingerprint density at radius 1 is 1.35 bits per heavy atom. The van der Waals surface area contributed by atoms with Gasteiger partial charge in [0, 0.05) is 17.6 Å². The van der Waals surface area contributed by atoms with Crippen molar-refractivity contribution in [2.75, 3.05) is 26.7 Å². The Bertz CT molecular complexity index is 468. The zero-order valence-electron chi connectivity index (χ0n) is 12.5. The second-order valence-electron chi connectivity index (χ2n) is 6.65. The van der Waals surface area contributed by atoms with Gasteiger partial charge in [0.15, 0.2) is 0 Å². The molecule has 0 aromatic heterocycles. The maximum absolute atomic E-state index is 6.32. The third-order valence-electron chi connectivity index (χ3n) is 5.48. The van der Waals surface area contributed by atoms with Crippen LogP contribution in [0, 0.1) is 11.3 Å². The number of hydrogen-bond acceptors (Lipinski definition) is 2. The quantitative estimate of drug-likeness (QED) is 0.910. The van der Waals surface area contributed by atoms with Crippen LogP contribution in [0.1, 0.15) is 37.8 Å². The van der Waals surface area contributed by atoms with Crippen molar-refractivity contribution in [1.29, 1.82) is 0 Å². The SMILES string of the molecule is CC(c1ccccc1Cl)N(C)CC1CC12CCNCC2. The van der Waals surface area contributed by atoms with Crippen molar-refractivity contribution >= 4 is 11.6 Å². The van der Waals surface area contributed by atoms with E-state index in [1.165, 1.54) is 44.5 Å². The Morgan fingerprint density at radius 2 is 2.05 bits per heavy atom. The van der Waals surface area contributed by atoms with E-state index < -0.39 is 0 Å². The number of halogens is 1. The Hall–Kier alpha value is -0.570. The molecule has 1 aliphatic heterocycles. The molecule has 0 amide bonds. The van der Waals surface area contributed by atoms with Gasteiger partial charge in [-0.2, -0.15) is 0 Å². The van der Waals surface area contributed by atoms with E-state index in [2.05, 4.69) is 36.3 Å². The van der Waals surface area contributed by atoms with Crippen molar-refractivity contribution in [3.63, 3.8) is 0 Å². The summed E-state index contributed by atoms with van der Waals surface area (Å²) in [5.41, 5.74) is 1.91. The van der Waals surface area contributed by atoms with E-state index in [-0.39, 0.29) is 0 Å². The van der Waals surface area contributed by atoms with Crippen molar-refractivity contribution in [3.05, 3.63) is 34.9 Å². The first-order valence-electron chi connectivity index (χ1n) is 7.78. The van der Waals surface area contributed by atoms with Gasteiger partial charge in [-0.05, 0) is 69.3 Å². The molecule has 110 valence electrons. The van der Waals surface area contributed by atoms with E-state index in [1.54, 1.807) is 0 Å². The lowest BCUT2D eigenvalue weighted by Gasteiger charge is -2.29. The lowest BCUT2D eigenvalue weighted by atomic mass is 9.91. The molecule has 1 saturated heterocycles. The maximum Gasteiger partial charge on any atom is 0.0453 e. The summed E-state index contributed by atoms with van der Waals surface area (Å²) in [7, 11) is 2.24. The van der Waals surface area contributed by atoms with Gasteiger partial charge in [-0.25, -0.2) is 0 Å². The molecule has 0 radical (unpaired) electrons. The smallest absolute Gasteiger partial charge is 0.0453 e. The Kier molecular flexibility index (Phi) is 4.07. The Labute approximate surface area is 127 Å². The minimum Gasteiger partial charge on any atom is -0.317 e. The van der Waals surface area contributed by atoms with Gasteiger partial charge in [0.2, 0.25) is 0 Å². The third-order valence-corrected chi connectivity index (χ3v) is 5.83. The first-order chi connectivity index (χ1) is 9.62. The van der Waals surface area contributed by atoms with Crippen LogP contribution < -0.4 is 5.32 Å². The van der Waals surface area contributed by atoms with E-state index >= 15 is 0 Å². The second kappa shape index (κ2) is 5.67. The van der Waals surface area contributed by atoms with E-state index in [9.17, 15) is 0 Å². The predicted octanol–water partition coefficient (Wildman–Crippen LogP) is 3.72. The van der Waals surface area contributed by atoms with Crippen LogP contribution in [-0.2, 0) is 0 Å². The minimum atomic E-state index is 0.392. The van der Waals surface area contributed by atoms with E-state index in [4.69, 9.17) is 11.6 Å². The molecule has 1 heterocycles. The molecule has 2 atom stereocenters. The van der Waals surface area contributed by atoms with Crippen molar-refractivity contribution in [1.82, 2.24) is 10.2 Å². The average molecular weight is 293 g/mol. The highest BCUT2D eigenvalue weighted by atomic mass is 35.5. The highest BCUT2D eigenvalue weighted by molar-refractivity contribution is 6.31. The molecule has 0 bridgehead atoms. The monoisotopic (exact) mass is 292 g/mol. The van der Waals surface area contributed by atoms with Crippen LogP contribution in [0.15, 0.2) is 24.3 Å². The molecular formula is C17H25ClN2. The standard InChI is InChI=1S/C17H25ClN2/c1-13(15-5-3-4-6-16(15)18)20(2)12-14-11-17(14)7-9-19-10-8-17/h3-6,13-14,19H,7-12H2,1-2H3. The summed E-state index contributed by atoms with van der Waals surface area (Å²) in [6.07, 6.45) is 4.16. The van der Waals surface area contributed by atoms with Crippen molar-refractivity contribution in [2.24, 2.45) is 11.3 Å². The molecule has 2 aliphatic rings. The highest BCUT2D eigenvalue weighted by Crippen LogP contribution is 2.58. The van der Waals surface area contributed by atoms with Crippen molar-refractivity contribution in [3.8, 4) is 0 Å². The molecule has 2 unspecified atom stereocenters. The molecule has 1 saturated carbocycles. The number of nitrogens with zero attached hydrogens (tertiary/aromatic N) is 1. The lowest BCUT2D eigenvalue weighted by Crippen LogP contribution is -2.32. The van der Waals surface area contributed by atoms with Crippen LogP contribution in [0.5, 0.6) is 0 Å². The summed E-state index contributed by atoms with van der Waals surface area (Å²) in [6, 6.07) is 8.62. The maximum atomic E-state index is 6.32. The molecule has 20 heavy (non-hydrogen) atoms. The van der Waals surface area contributed by atoms with Crippen LogP contribution in [0.25, 0.3) is 0 Å². The van der Waals surface area contributed by atoms with Crippen LogP contribution in [0.2, 0.25) is 5.02 Å². The number of nitrogens with one attached hydrogen (secondary N) is 1. The summed E-state index contributed by atoms with van der Waals surface area (Å²) in [6.45, 7) is 5.88. The largest absolute Gasteiger partial charge is 0.317 e. The van der Waals surface area contributed by atoms with Gasteiger partial charge < -0.3 is 5.32 Å². The number of hydrogen-bond donors (Lipinski definition) is 1. The van der Waals surface area contributed by atoms with Crippen LogP contribution in [0.4, 0.5) is 0 Å². The van der Waals surface area contributed by atoms with Gasteiger partial charge in [-0.1, -0.05) is 29.8 Å². The van der Waals surface area contributed by atoms with E-state index in [1.807, 2.05) is 12.1 Å². The molecule has 1 N–H and O–H groups in total. The summed E-state index contributed by atoms with van der Waals surface area (Å²) < 4.78 is 0. The molecular weight excluding hydrogens is 268 g/mol. The summed E-state index contributed by atoms with van der Waals surface area (Å²) in [5.74, 6) is 0.888. The van der Waals surface area contributed by atoms with E-state index in [0.717, 1.165) is 10.9 Å². The Balaban J connectivity index is 1.60. The Morgan fingerprint density at radius 3 is 2.75 bits per heavy atom. The number of piperidine rings is 1. The lowest BCUT2D eigenvalue weighted by molar-refractivity contribution is 0.220. The summed E-state index contributed by atoms with van der Waals surface area (Å²) in [4.78, 5) is 2.47. The predicted molar refractivity (Wildman–Crippen MR) is 85.1 cm³/mol. The molecule has 1 aliphatic carbocycles. The van der Waals surface area contributed by atoms with Crippen LogP contribution >= 0.6 is 11.6 Å². The number of benzene rings is 1. The molecule has 2 fully saturated rings. The molecule has 1 aromatic rings. The zero-order chi connectivity index (χ0) is 14.2. The van der Waals surface area contributed by atoms with Gasteiger partial charge >= 0.3 is 0 Å². The van der Waals surface area contributed by atoms with Gasteiger partial charge in [-0.3, -0.25) is 4.90 Å². The van der Waals surface area contributed by atoms with Crippen LogP contribution in [-0.4, -0.2) is 31.6 Å². The van der Waals surface area contributed by atoms with Crippen molar-refractivity contribution < 1.29 is 0 Å². The normalized spacial score (nSPS) is 25.9.